The predicted molar refractivity (Wildman–Crippen MR) is 67.4 cm³/mol. The highest BCUT2D eigenvalue weighted by Crippen LogP contribution is 2.21. The van der Waals surface area contributed by atoms with Crippen LogP contribution in [0.2, 0.25) is 0 Å². The van der Waals surface area contributed by atoms with Gasteiger partial charge in [0.05, 0.1) is 22.8 Å². The molecule has 1 atom stereocenters. The zero-order valence-corrected chi connectivity index (χ0v) is 10.7. The van der Waals surface area contributed by atoms with Gasteiger partial charge in [-0.1, -0.05) is 19.1 Å². The maximum absolute atomic E-state index is 12.0. The van der Waals surface area contributed by atoms with Crippen LogP contribution in [0.3, 0.4) is 0 Å². The number of rotatable bonds is 7. The second kappa shape index (κ2) is 7.41. The van der Waals surface area contributed by atoms with E-state index in [0.29, 0.717) is 11.5 Å². The van der Waals surface area contributed by atoms with Crippen LogP contribution in [0.15, 0.2) is 29.2 Å². The number of hydrogen-bond donors (Lipinski definition) is 1. The second-order valence-electron chi connectivity index (χ2n) is 3.41. The number of hydrogen-bond acceptors (Lipinski definition) is 3. The molecule has 3 nitrogen and oxygen atoms in total. The molecule has 0 aliphatic heterocycles. The van der Waals surface area contributed by atoms with E-state index in [1.807, 2.05) is 24.3 Å². The average Bonchev–Trinajstić information content (AvgIpc) is 2.34. The van der Waals surface area contributed by atoms with Gasteiger partial charge in [0.25, 0.3) is 0 Å². The first-order valence-corrected chi connectivity index (χ1v) is 6.83. The Morgan fingerprint density at radius 3 is 2.81 bits per heavy atom. The van der Waals surface area contributed by atoms with Crippen LogP contribution in [0.25, 0.3) is 0 Å². The van der Waals surface area contributed by atoms with Crippen molar-refractivity contribution in [2.75, 3.05) is 26.0 Å². The highest BCUT2D eigenvalue weighted by atomic mass is 32.2. The standard InChI is InChI=1S/C12H19NO2S/c1-3-13-9-6-10-16(14)12-8-5-4-7-11(12)15-2/h4-5,7-8,13H,3,6,9-10H2,1-2H3. The van der Waals surface area contributed by atoms with Crippen LogP contribution in [0, 0.1) is 0 Å². The molecule has 0 amide bonds. The smallest absolute Gasteiger partial charge is 0.134 e. The topological polar surface area (TPSA) is 38.3 Å². The van der Waals surface area contributed by atoms with Gasteiger partial charge in [-0.3, -0.25) is 4.21 Å². The largest absolute Gasteiger partial charge is 0.495 e. The molecule has 1 aromatic rings. The van der Waals surface area contributed by atoms with Gasteiger partial charge >= 0.3 is 0 Å². The normalized spacial score (nSPS) is 12.4. The summed E-state index contributed by atoms with van der Waals surface area (Å²) in [4.78, 5) is 0.793. The molecular weight excluding hydrogens is 222 g/mol. The molecule has 1 aromatic carbocycles. The molecule has 16 heavy (non-hydrogen) atoms. The third-order valence-electron chi connectivity index (χ3n) is 2.25. The minimum atomic E-state index is -0.963. The molecule has 4 heteroatoms. The van der Waals surface area contributed by atoms with Crippen molar-refractivity contribution < 1.29 is 8.95 Å². The van der Waals surface area contributed by atoms with Crippen LogP contribution >= 0.6 is 0 Å². The lowest BCUT2D eigenvalue weighted by atomic mass is 10.3. The fourth-order valence-corrected chi connectivity index (χ4v) is 2.65. The van der Waals surface area contributed by atoms with Crippen LogP contribution < -0.4 is 10.1 Å². The molecule has 0 fully saturated rings. The molecular formula is C12H19NO2S. The van der Waals surface area contributed by atoms with Crippen molar-refractivity contribution in [3.8, 4) is 5.75 Å². The van der Waals surface area contributed by atoms with E-state index in [1.54, 1.807) is 7.11 Å². The van der Waals surface area contributed by atoms with Gasteiger partial charge in [-0.2, -0.15) is 0 Å². The first kappa shape index (κ1) is 13.2. The van der Waals surface area contributed by atoms with E-state index in [-0.39, 0.29) is 0 Å². The van der Waals surface area contributed by atoms with Gasteiger partial charge in [-0.05, 0) is 31.6 Å². The number of ether oxygens (including phenoxy) is 1. The number of para-hydroxylation sites is 1. The Balaban J connectivity index is 2.52. The molecule has 0 bridgehead atoms. The summed E-state index contributed by atoms with van der Waals surface area (Å²) in [7, 11) is 0.643. The lowest BCUT2D eigenvalue weighted by Gasteiger charge is -2.07. The second-order valence-corrected chi connectivity index (χ2v) is 4.95. The fourth-order valence-electron chi connectivity index (χ4n) is 1.42. The van der Waals surface area contributed by atoms with Crippen LogP contribution in [0.1, 0.15) is 13.3 Å². The number of nitrogens with one attached hydrogen (secondary N) is 1. The lowest BCUT2D eigenvalue weighted by molar-refractivity contribution is 0.404. The van der Waals surface area contributed by atoms with Gasteiger partial charge in [-0.15, -0.1) is 0 Å². The number of methoxy groups -OCH3 is 1. The molecule has 0 aromatic heterocycles. The molecule has 0 heterocycles. The first-order valence-electron chi connectivity index (χ1n) is 5.51. The predicted octanol–water partition coefficient (Wildman–Crippen LogP) is 1.80. The molecule has 1 N–H and O–H groups in total. The Morgan fingerprint density at radius 2 is 2.12 bits per heavy atom. The van der Waals surface area contributed by atoms with E-state index < -0.39 is 10.8 Å². The minimum absolute atomic E-state index is 0.674. The molecule has 90 valence electrons. The van der Waals surface area contributed by atoms with Crippen LogP contribution in [-0.2, 0) is 10.8 Å². The van der Waals surface area contributed by atoms with Gasteiger partial charge in [-0.25, -0.2) is 0 Å². The summed E-state index contributed by atoms with van der Waals surface area (Å²) in [6, 6.07) is 7.48. The van der Waals surface area contributed by atoms with Gasteiger partial charge in [0.2, 0.25) is 0 Å². The summed E-state index contributed by atoms with van der Waals surface area (Å²) in [5.41, 5.74) is 0. The maximum Gasteiger partial charge on any atom is 0.134 e. The monoisotopic (exact) mass is 241 g/mol. The van der Waals surface area contributed by atoms with Crippen molar-refractivity contribution in [2.45, 2.75) is 18.2 Å². The highest BCUT2D eigenvalue weighted by Gasteiger charge is 2.08. The van der Waals surface area contributed by atoms with Gasteiger partial charge in [0.1, 0.15) is 5.75 Å². The summed E-state index contributed by atoms with van der Waals surface area (Å²) >= 11 is 0. The molecule has 0 aliphatic carbocycles. The summed E-state index contributed by atoms with van der Waals surface area (Å²) in [5.74, 6) is 1.39. The highest BCUT2D eigenvalue weighted by molar-refractivity contribution is 7.85. The zero-order chi connectivity index (χ0) is 11.8. The Hall–Kier alpha value is -0.870. The van der Waals surface area contributed by atoms with Crippen LogP contribution in [0.5, 0.6) is 5.75 Å². The summed E-state index contributed by atoms with van der Waals surface area (Å²) < 4.78 is 17.2. The maximum atomic E-state index is 12.0. The Bertz CT molecular complexity index is 342. The van der Waals surface area contributed by atoms with Crippen molar-refractivity contribution in [1.29, 1.82) is 0 Å². The van der Waals surface area contributed by atoms with E-state index >= 15 is 0 Å². The van der Waals surface area contributed by atoms with Crippen LogP contribution in [0.4, 0.5) is 0 Å². The van der Waals surface area contributed by atoms with E-state index in [4.69, 9.17) is 4.74 Å². The fraction of sp³-hybridized carbons (Fsp3) is 0.500. The Morgan fingerprint density at radius 1 is 1.38 bits per heavy atom. The molecule has 0 aliphatic rings. The Kier molecular flexibility index (Phi) is 6.11. The summed E-state index contributed by atoms with van der Waals surface area (Å²) in [6.07, 6.45) is 0.915. The zero-order valence-electron chi connectivity index (χ0n) is 9.86. The van der Waals surface area contributed by atoms with Gasteiger partial charge in [0.15, 0.2) is 0 Å². The van der Waals surface area contributed by atoms with Crippen molar-refractivity contribution in [3.63, 3.8) is 0 Å². The van der Waals surface area contributed by atoms with Crippen LogP contribution in [-0.4, -0.2) is 30.2 Å². The third-order valence-corrected chi connectivity index (χ3v) is 3.73. The molecule has 1 unspecified atom stereocenters. The van der Waals surface area contributed by atoms with Gasteiger partial charge < -0.3 is 10.1 Å². The quantitative estimate of drug-likeness (QED) is 0.740. The third kappa shape index (κ3) is 3.94. The molecule has 0 spiro atoms. The van der Waals surface area contributed by atoms with Crippen molar-refractivity contribution in [2.24, 2.45) is 0 Å². The van der Waals surface area contributed by atoms with E-state index in [0.717, 1.165) is 24.4 Å². The summed E-state index contributed by atoms with van der Waals surface area (Å²) in [5, 5.41) is 3.22. The van der Waals surface area contributed by atoms with Crippen molar-refractivity contribution in [1.82, 2.24) is 5.32 Å². The minimum Gasteiger partial charge on any atom is -0.495 e. The van der Waals surface area contributed by atoms with E-state index in [2.05, 4.69) is 12.2 Å². The van der Waals surface area contributed by atoms with E-state index in [1.165, 1.54) is 0 Å². The lowest BCUT2D eigenvalue weighted by Crippen LogP contribution is -2.16. The van der Waals surface area contributed by atoms with Crippen molar-refractivity contribution >= 4 is 10.8 Å². The molecule has 0 saturated carbocycles. The molecule has 0 saturated heterocycles. The average molecular weight is 241 g/mol. The molecule has 0 radical (unpaired) electrons. The van der Waals surface area contributed by atoms with Crippen molar-refractivity contribution in [3.05, 3.63) is 24.3 Å². The first-order chi connectivity index (χ1) is 7.79. The number of benzene rings is 1. The van der Waals surface area contributed by atoms with Gasteiger partial charge in [0, 0.05) is 5.75 Å². The molecule has 1 rings (SSSR count). The summed E-state index contributed by atoms with van der Waals surface area (Å²) in [6.45, 7) is 3.94. The Labute approximate surface area is 99.7 Å². The van der Waals surface area contributed by atoms with E-state index in [9.17, 15) is 4.21 Å². The SMILES string of the molecule is CCNCCCS(=O)c1ccccc1OC.